The maximum atomic E-state index is 12.9. The summed E-state index contributed by atoms with van der Waals surface area (Å²) in [6.07, 6.45) is 0. The van der Waals surface area contributed by atoms with E-state index in [-0.39, 0.29) is 5.91 Å². The zero-order chi connectivity index (χ0) is 23.8. The number of carbonyl (C=O) groups is 1. The van der Waals surface area contributed by atoms with Crippen LogP contribution in [0.1, 0.15) is 21.5 Å². The van der Waals surface area contributed by atoms with Gasteiger partial charge in [-0.1, -0.05) is 60.7 Å². The van der Waals surface area contributed by atoms with Crippen molar-refractivity contribution in [2.75, 3.05) is 12.4 Å². The standard InChI is InChI=1S/C28H24BrNO4/c1-32-26-16-24(25(29)17-27(26)34-19-21-10-6-3-7-11-21)28(31)30-22-12-14-23(15-13-22)33-18-20-8-4-2-5-9-20/h2-17H,18-19H2,1H3,(H,30,31). The first-order chi connectivity index (χ1) is 16.6. The fourth-order valence-corrected chi connectivity index (χ4v) is 3.79. The van der Waals surface area contributed by atoms with Gasteiger partial charge >= 0.3 is 0 Å². The summed E-state index contributed by atoms with van der Waals surface area (Å²) in [5.74, 6) is 1.49. The van der Waals surface area contributed by atoms with Gasteiger partial charge in [-0.25, -0.2) is 0 Å². The van der Waals surface area contributed by atoms with Crippen LogP contribution in [0.15, 0.2) is 102 Å². The molecule has 0 fully saturated rings. The Kier molecular flexibility index (Phi) is 7.83. The molecule has 0 unspecified atom stereocenters. The highest BCUT2D eigenvalue weighted by atomic mass is 79.9. The number of ether oxygens (including phenoxy) is 3. The van der Waals surface area contributed by atoms with E-state index in [0.717, 1.165) is 16.9 Å². The topological polar surface area (TPSA) is 56.8 Å². The Bertz CT molecular complexity index is 1230. The van der Waals surface area contributed by atoms with Crippen molar-refractivity contribution in [2.45, 2.75) is 13.2 Å². The molecule has 0 atom stereocenters. The van der Waals surface area contributed by atoms with Gasteiger partial charge in [-0.2, -0.15) is 0 Å². The molecular formula is C28H24BrNO4. The minimum Gasteiger partial charge on any atom is -0.493 e. The van der Waals surface area contributed by atoms with Gasteiger partial charge in [0.25, 0.3) is 5.91 Å². The van der Waals surface area contributed by atoms with Crippen LogP contribution in [0.25, 0.3) is 0 Å². The molecule has 0 bridgehead atoms. The summed E-state index contributed by atoms with van der Waals surface area (Å²) in [5, 5.41) is 2.91. The average Bonchev–Trinajstić information content (AvgIpc) is 2.88. The van der Waals surface area contributed by atoms with Gasteiger partial charge in [0.1, 0.15) is 19.0 Å². The summed E-state index contributed by atoms with van der Waals surface area (Å²) in [7, 11) is 1.55. The maximum Gasteiger partial charge on any atom is 0.256 e. The Balaban J connectivity index is 1.40. The third-order valence-corrected chi connectivity index (χ3v) is 5.75. The van der Waals surface area contributed by atoms with E-state index < -0.39 is 0 Å². The van der Waals surface area contributed by atoms with E-state index in [1.165, 1.54) is 0 Å². The Hall–Kier alpha value is -3.77. The molecule has 0 radical (unpaired) electrons. The molecule has 34 heavy (non-hydrogen) atoms. The Labute approximate surface area is 207 Å². The number of anilines is 1. The van der Waals surface area contributed by atoms with Crippen molar-refractivity contribution in [3.05, 3.63) is 118 Å². The van der Waals surface area contributed by atoms with E-state index in [1.54, 1.807) is 31.4 Å². The molecule has 0 heterocycles. The molecule has 4 aromatic rings. The number of hydrogen-bond acceptors (Lipinski definition) is 4. The third-order valence-electron chi connectivity index (χ3n) is 5.10. The first kappa shape index (κ1) is 23.4. The molecule has 0 aliphatic heterocycles. The van der Waals surface area contributed by atoms with Crippen molar-refractivity contribution >= 4 is 27.5 Å². The van der Waals surface area contributed by atoms with Crippen LogP contribution < -0.4 is 19.5 Å². The second-order valence-electron chi connectivity index (χ2n) is 7.51. The molecule has 4 rings (SSSR count). The average molecular weight is 518 g/mol. The quantitative estimate of drug-likeness (QED) is 0.263. The first-order valence-electron chi connectivity index (χ1n) is 10.7. The Morgan fingerprint density at radius 3 is 1.94 bits per heavy atom. The van der Waals surface area contributed by atoms with Gasteiger partial charge < -0.3 is 19.5 Å². The smallest absolute Gasteiger partial charge is 0.256 e. The molecule has 0 saturated carbocycles. The molecule has 0 aliphatic rings. The van der Waals surface area contributed by atoms with E-state index in [2.05, 4.69) is 21.2 Å². The lowest BCUT2D eigenvalue weighted by Crippen LogP contribution is -2.13. The fraction of sp³-hybridized carbons (Fsp3) is 0.107. The van der Waals surface area contributed by atoms with E-state index in [0.29, 0.717) is 40.4 Å². The third kappa shape index (κ3) is 6.17. The summed E-state index contributed by atoms with van der Waals surface area (Å²) >= 11 is 3.49. The molecule has 0 aromatic heterocycles. The molecule has 4 aromatic carbocycles. The van der Waals surface area contributed by atoms with Crippen molar-refractivity contribution in [2.24, 2.45) is 0 Å². The summed E-state index contributed by atoms with van der Waals surface area (Å²) in [5.41, 5.74) is 3.23. The minimum absolute atomic E-state index is 0.266. The zero-order valence-electron chi connectivity index (χ0n) is 18.7. The number of rotatable bonds is 9. The van der Waals surface area contributed by atoms with Crippen LogP contribution in [0.4, 0.5) is 5.69 Å². The summed E-state index contributed by atoms with van der Waals surface area (Å²) < 4.78 is 17.8. The minimum atomic E-state index is -0.266. The fourth-order valence-electron chi connectivity index (χ4n) is 3.29. The summed E-state index contributed by atoms with van der Waals surface area (Å²) in [6, 6.07) is 30.5. The van der Waals surface area contributed by atoms with Crippen LogP contribution >= 0.6 is 15.9 Å². The highest BCUT2D eigenvalue weighted by Gasteiger charge is 2.16. The van der Waals surface area contributed by atoms with E-state index in [9.17, 15) is 4.79 Å². The Morgan fingerprint density at radius 2 is 1.35 bits per heavy atom. The number of nitrogens with one attached hydrogen (secondary N) is 1. The predicted molar refractivity (Wildman–Crippen MR) is 137 cm³/mol. The Morgan fingerprint density at radius 1 is 0.765 bits per heavy atom. The van der Waals surface area contributed by atoms with Gasteiger partial charge in [-0.05, 0) is 63.5 Å². The van der Waals surface area contributed by atoms with Gasteiger partial charge in [-0.3, -0.25) is 4.79 Å². The van der Waals surface area contributed by atoms with Gasteiger partial charge in [0.15, 0.2) is 11.5 Å². The van der Waals surface area contributed by atoms with Crippen molar-refractivity contribution in [1.82, 2.24) is 0 Å². The molecular weight excluding hydrogens is 494 g/mol. The lowest BCUT2D eigenvalue weighted by Gasteiger charge is -2.14. The largest absolute Gasteiger partial charge is 0.493 e. The highest BCUT2D eigenvalue weighted by Crippen LogP contribution is 2.34. The van der Waals surface area contributed by atoms with Crippen molar-refractivity contribution in [3.8, 4) is 17.2 Å². The zero-order valence-corrected chi connectivity index (χ0v) is 20.2. The van der Waals surface area contributed by atoms with Crippen molar-refractivity contribution < 1.29 is 19.0 Å². The summed E-state index contributed by atoms with van der Waals surface area (Å²) in [4.78, 5) is 12.9. The first-order valence-corrected chi connectivity index (χ1v) is 11.5. The van der Waals surface area contributed by atoms with Crippen LogP contribution in [0.3, 0.4) is 0 Å². The SMILES string of the molecule is COc1cc(C(=O)Nc2ccc(OCc3ccccc3)cc2)c(Br)cc1OCc1ccccc1. The van der Waals surface area contributed by atoms with E-state index in [4.69, 9.17) is 14.2 Å². The molecule has 0 saturated heterocycles. The molecule has 5 nitrogen and oxygen atoms in total. The number of hydrogen-bond donors (Lipinski definition) is 1. The van der Waals surface area contributed by atoms with Gasteiger partial charge in [0.2, 0.25) is 0 Å². The van der Waals surface area contributed by atoms with E-state index >= 15 is 0 Å². The number of amides is 1. The second-order valence-corrected chi connectivity index (χ2v) is 8.36. The van der Waals surface area contributed by atoms with Crippen LogP contribution in [0.5, 0.6) is 17.2 Å². The molecule has 1 amide bonds. The highest BCUT2D eigenvalue weighted by molar-refractivity contribution is 9.10. The van der Waals surface area contributed by atoms with Gasteiger partial charge in [0.05, 0.1) is 12.7 Å². The number of benzene rings is 4. The molecule has 0 spiro atoms. The molecule has 6 heteroatoms. The predicted octanol–water partition coefficient (Wildman–Crippen LogP) is 6.87. The second kappa shape index (κ2) is 11.4. The summed E-state index contributed by atoms with van der Waals surface area (Å²) in [6.45, 7) is 0.881. The van der Waals surface area contributed by atoms with Gasteiger partial charge in [0, 0.05) is 10.2 Å². The number of methoxy groups -OCH3 is 1. The number of halogens is 1. The molecule has 0 aliphatic carbocycles. The van der Waals surface area contributed by atoms with Crippen LogP contribution in [-0.2, 0) is 13.2 Å². The van der Waals surface area contributed by atoms with Crippen molar-refractivity contribution in [3.63, 3.8) is 0 Å². The van der Waals surface area contributed by atoms with Crippen LogP contribution in [-0.4, -0.2) is 13.0 Å². The molecule has 172 valence electrons. The molecule has 1 N–H and O–H groups in total. The maximum absolute atomic E-state index is 12.9. The monoisotopic (exact) mass is 517 g/mol. The van der Waals surface area contributed by atoms with Crippen LogP contribution in [0, 0.1) is 0 Å². The van der Waals surface area contributed by atoms with Crippen LogP contribution in [0.2, 0.25) is 0 Å². The lowest BCUT2D eigenvalue weighted by molar-refractivity contribution is 0.102. The normalized spacial score (nSPS) is 10.4. The lowest BCUT2D eigenvalue weighted by atomic mass is 10.1. The van der Waals surface area contributed by atoms with Crippen molar-refractivity contribution in [1.29, 1.82) is 0 Å². The van der Waals surface area contributed by atoms with Gasteiger partial charge in [-0.15, -0.1) is 0 Å². The number of carbonyl (C=O) groups excluding carboxylic acids is 1. The van der Waals surface area contributed by atoms with E-state index in [1.807, 2.05) is 72.8 Å².